The Morgan fingerprint density at radius 2 is 2.37 bits per heavy atom. The van der Waals surface area contributed by atoms with Gasteiger partial charge in [-0.15, -0.1) is 16.4 Å². The predicted octanol–water partition coefficient (Wildman–Crippen LogP) is 1.54. The smallest absolute Gasteiger partial charge is 0.339 e. The Bertz CT molecular complexity index is 801. The second kappa shape index (κ2) is 4.36. The van der Waals surface area contributed by atoms with Crippen molar-refractivity contribution in [3.05, 3.63) is 45.7 Å². The monoisotopic (exact) mass is 275 g/mol. The molecule has 6 nitrogen and oxygen atoms in total. The number of methoxy groups -OCH3 is 1. The van der Waals surface area contributed by atoms with Gasteiger partial charge >= 0.3 is 5.97 Å². The zero-order valence-electron chi connectivity index (χ0n) is 9.91. The summed E-state index contributed by atoms with van der Waals surface area (Å²) >= 11 is 1.47. The van der Waals surface area contributed by atoms with Gasteiger partial charge in [0.15, 0.2) is 5.82 Å². The zero-order chi connectivity index (χ0) is 13.4. The molecule has 0 saturated heterocycles. The molecule has 0 saturated carbocycles. The molecule has 0 spiro atoms. The van der Waals surface area contributed by atoms with Crippen molar-refractivity contribution < 1.29 is 9.53 Å². The highest BCUT2D eigenvalue weighted by Crippen LogP contribution is 2.19. The maximum atomic E-state index is 12.0. The van der Waals surface area contributed by atoms with E-state index in [0.717, 1.165) is 4.88 Å². The number of esters is 1. The fourth-order valence-electron chi connectivity index (χ4n) is 1.76. The van der Waals surface area contributed by atoms with Crippen molar-refractivity contribution >= 4 is 22.8 Å². The van der Waals surface area contributed by atoms with Crippen LogP contribution in [-0.4, -0.2) is 27.7 Å². The van der Waals surface area contributed by atoms with Gasteiger partial charge in [-0.25, -0.2) is 9.31 Å². The molecule has 19 heavy (non-hydrogen) atoms. The molecule has 7 heteroatoms. The molecule has 0 bridgehead atoms. The molecule has 1 N–H and O–H groups in total. The highest BCUT2D eigenvalue weighted by atomic mass is 32.1. The van der Waals surface area contributed by atoms with Crippen LogP contribution >= 0.6 is 11.3 Å². The van der Waals surface area contributed by atoms with E-state index in [0.29, 0.717) is 16.9 Å². The Morgan fingerprint density at radius 1 is 1.53 bits per heavy atom. The number of H-pyrrole nitrogens is 1. The molecule has 0 amide bonds. The fraction of sp³-hybridized carbons (Fsp3) is 0.0833. The van der Waals surface area contributed by atoms with Gasteiger partial charge in [0.1, 0.15) is 5.52 Å². The van der Waals surface area contributed by atoms with Crippen molar-refractivity contribution in [2.24, 2.45) is 0 Å². The minimum atomic E-state index is -0.498. The molecule has 0 aromatic carbocycles. The van der Waals surface area contributed by atoms with Crippen LogP contribution in [0.1, 0.15) is 10.4 Å². The third kappa shape index (κ3) is 1.93. The van der Waals surface area contributed by atoms with Crippen LogP contribution in [0, 0.1) is 0 Å². The van der Waals surface area contributed by atoms with Crippen molar-refractivity contribution in [1.82, 2.24) is 14.6 Å². The number of carbonyl (C=O) groups is 1. The van der Waals surface area contributed by atoms with E-state index in [1.807, 2.05) is 17.5 Å². The number of rotatable bonds is 2. The molecule has 0 atom stereocenters. The van der Waals surface area contributed by atoms with Crippen LogP contribution in [0.15, 0.2) is 34.6 Å². The Kier molecular flexibility index (Phi) is 2.68. The average molecular weight is 275 g/mol. The minimum Gasteiger partial charge on any atom is -0.465 e. The van der Waals surface area contributed by atoms with Crippen LogP contribution in [0.4, 0.5) is 0 Å². The van der Waals surface area contributed by atoms with Crippen molar-refractivity contribution in [1.29, 1.82) is 0 Å². The van der Waals surface area contributed by atoms with E-state index in [1.165, 1.54) is 35.2 Å². The summed E-state index contributed by atoms with van der Waals surface area (Å²) in [6.07, 6.45) is 1.48. The van der Waals surface area contributed by atoms with Gasteiger partial charge in [0, 0.05) is 6.20 Å². The number of hydrogen-bond acceptors (Lipinski definition) is 5. The van der Waals surface area contributed by atoms with Crippen LogP contribution in [0.5, 0.6) is 0 Å². The third-order valence-electron chi connectivity index (χ3n) is 2.65. The first-order valence-electron chi connectivity index (χ1n) is 5.44. The number of aromatic amines is 1. The number of nitrogens with one attached hydrogen (secondary N) is 1. The molecule has 0 unspecified atom stereocenters. The van der Waals surface area contributed by atoms with Gasteiger partial charge < -0.3 is 9.72 Å². The second-order valence-electron chi connectivity index (χ2n) is 3.83. The number of thiophene rings is 1. The number of aromatic nitrogens is 3. The molecule has 0 aliphatic heterocycles. The van der Waals surface area contributed by atoms with Gasteiger partial charge in [-0.3, -0.25) is 4.79 Å². The largest absolute Gasteiger partial charge is 0.465 e. The molecule has 3 aromatic rings. The number of carbonyl (C=O) groups excluding carboxylic acids is 1. The third-order valence-corrected chi connectivity index (χ3v) is 3.52. The summed E-state index contributed by atoms with van der Waals surface area (Å²) in [6, 6.07) is 5.19. The molecule has 3 rings (SSSR count). The number of ether oxygens (including phenoxy) is 1. The molecule has 3 aromatic heterocycles. The topological polar surface area (TPSA) is 76.5 Å². The molecule has 0 aliphatic rings. The van der Waals surface area contributed by atoms with Gasteiger partial charge in [0.05, 0.1) is 17.6 Å². The molecule has 96 valence electrons. The Balaban J connectivity index is 2.21. The normalized spacial score (nSPS) is 10.8. The van der Waals surface area contributed by atoms with E-state index in [9.17, 15) is 9.59 Å². The van der Waals surface area contributed by atoms with Gasteiger partial charge in [-0.05, 0) is 17.5 Å². The number of fused-ring (bicyclic) bond motifs is 1. The fourth-order valence-corrected chi connectivity index (χ4v) is 2.43. The Labute approximate surface area is 111 Å². The second-order valence-corrected chi connectivity index (χ2v) is 4.78. The van der Waals surface area contributed by atoms with Crippen molar-refractivity contribution in [3.8, 4) is 10.7 Å². The lowest BCUT2D eigenvalue weighted by Gasteiger charge is -1.98. The predicted molar refractivity (Wildman–Crippen MR) is 70.5 cm³/mol. The van der Waals surface area contributed by atoms with E-state index >= 15 is 0 Å². The van der Waals surface area contributed by atoms with E-state index < -0.39 is 5.97 Å². The quantitative estimate of drug-likeness (QED) is 0.720. The summed E-state index contributed by atoms with van der Waals surface area (Å²) < 4.78 is 6.01. The van der Waals surface area contributed by atoms with Crippen LogP contribution in [-0.2, 0) is 4.74 Å². The maximum absolute atomic E-state index is 12.0. The Hall–Kier alpha value is -2.41. The van der Waals surface area contributed by atoms with E-state index in [4.69, 9.17) is 0 Å². The SMILES string of the molecule is COC(=O)c1cc2c(=O)[nH]c(-c3cccs3)nn2c1. The van der Waals surface area contributed by atoms with Crippen molar-refractivity contribution in [2.45, 2.75) is 0 Å². The lowest BCUT2D eigenvalue weighted by molar-refractivity contribution is 0.0601. The molecule has 0 radical (unpaired) electrons. The van der Waals surface area contributed by atoms with Crippen molar-refractivity contribution in [3.63, 3.8) is 0 Å². The van der Waals surface area contributed by atoms with Crippen LogP contribution in [0.3, 0.4) is 0 Å². The summed E-state index contributed by atoms with van der Waals surface area (Å²) in [7, 11) is 1.29. The highest BCUT2D eigenvalue weighted by Gasteiger charge is 2.13. The molecular formula is C12H9N3O3S. The lowest BCUT2D eigenvalue weighted by atomic mass is 10.3. The average Bonchev–Trinajstić information content (AvgIpc) is 3.06. The van der Waals surface area contributed by atoms with Gasteiger partial charge in [0.2, 0.25) is 0 Å². The van der Waals surface area contributed by atoms with E-state index in [2.05, 4.69) is 14.8 Å². The first kappa shape index (κ1) is 11.7. The minimum absolute atomic E-state index is 0.295. The van der Waals surface area contributed by atoms with Crippen LogP contribution < -0.4 is 5.56 Å². The van der Waals surface area contributed by atoms with E-state index in [1.54, 1.807) is 0 Å². The van der Waals surface area contributed by atoms with Gasteiger partial charge in [-0.2, -0.15) is 0 Å². The molecule has 0 aliphatic carbocycles. The molecule has 0 fully saturated rings. The lowest BCUT2D eigenvalue weighted by Crippen LogP contribution is -2.12. The van der Waals surface area contributed by atoms with Gasteiger partial charge in [-0.1, -0.05) is 6.07 Å². The first-order chi connectivity index (χ1) is 9.19. The van der Waals surface area contributed by atoms with Crippen LogP contribution in [0.25, 0.3) is 16.2 Å². The zero-order valence-corrected chi connectivity index (χ0v) is 10.7. The van der Waals surface area contributed by atoms with E-state index in [-0.39, 0.29) is 5.56 Å². The molecular weight excluding hydrogens is 266 g/mol. The van der Waals surface area contributed by atoms with Crippen molar-refractivity contribution in [2.75, 3.05) is 7.11 Å². The van der Waals surface area contributed by atoms with Gasteiger partial charge in [0.25, 0.3) is 5.56 Å². The Morgan fingerprint density at radius 3 is 3.05 bits per heavy atom. The first-order valence-corrected chi connectivity index (χ1v) is 6.32. The molecule has 3 heterocycles. The summed E-state index contributed by atoms with van der Waals surface area (Å²) in [5.41, 5.74) is 0.304. The summed E-state index contributed by atoms with van der Waals surface area (Å²) in [4.78, 5) is 26.9. The highest BCUT2D eigenvalue weighted by molar-refractivity contribution is 7.13. The standard InChI is InChI=1S/C12H9N3O3S/c1-18-12(17)7-5-8-11(16)13-10(14-15(8)6-7)9-3-2-4-19-9/h2-6H,1H3,(H,13,14,16). The number of nitrogens with zero attached hydrogens (tertiary/aromatic N) is 2. The summed E-state index contributed by atoms with van der Waals surface area (Å²) in [5.74, 6) is -0.0258. The summed E-state index contributed by atoms with van der Waals surface area (Å²) in [6.45, 7) is 0. The summed E-state index contributed by atoms with van der Waals surface area (Å²) in [5, 5.41) is 6.18. The number of hydrogen-bond donors (Lipinski definition) is 1. The van der Waals surface area contributed by atoms with Crippen LogP contribution in [0.2, 0.25) is 0 Å². The maximum Gasteiger partial charge on any atom is 0.339 e.